The molecule has 2 aromatic rings. The Bertz CT molecular complexity index is 388. The molecule has 0 aromatic carbocycles. The molecule has 0 unspecified atom stereocenters. The number of hydrogen-bond acceptors (Lipinski definition) is 3. The summed E-state index contributed by atoms with van der Waals surface area (Å²) in [5.74, 6) is 0. The van der Waals surface area contributed by atoms with Crippen molar-refractivity contribution in [3.05, 3.63) is 29.3 Å². The molecule has 0 aliphatic rings. The number of halogens is 1. The predicted molar refractivity (Wildman–Crippen MR) is 45.0 cm³/mol. The van der Waals surface area contributed by atoms with Crippen LogP contribution in [0, 0.1) is 0 Å². The van der Waals surface area contributed by atoms with Gasteiger partial charge in [-0.25, -0.2) is 15.0 Å². The van der Waals surface area contributed by atoms with E-state index in [1.807, 2.05) is 12.1 Å². The summed E-state index contributed by atoms with van der Waals surface area (Å²) >= 11 is 3.17. The maximum atomic E-state index is 4.07. The monoisotopic (exact) mass is 209 g/mol. The van der Waals surface area contributed by atoms with E-state index in [-0.39, 0.29) is 0 Å². The van der Waals surface area contributed by atoms with Crippen LogP contribution in [0.1, 0.15) is 0 Å². The first kappa shape index (κ1) is 6.67. The highest BCUT2D eigenvalue weighted by Gasteiger charge is 1.94. The van der Waals surface area contributed by atoms with Crippen LogP contribution in [0.4, 0.5) is 0 Å². The molecule has 2 aromatic heterocycles. The summed E-state index contributed by atoms with van der Waals surface area (Å²) in [6.07, 6.45) is 3.45. The van der Waals surface area contributed by atoms with Gasteiger partial charge in [0.15, 0.2) is 10.4 Å². The highest BCUT2D eigenvalue weighted by Crippen LogP contribution is 2.08. The fourth-order valence-corrected chi connectivity index (χ4v) is 1.11. The Morgan fingerprint density at radius 3 is 3.09 bits per heavy atom. The molecule has 11 heavy (non-hydrogen) atoms. The van der Waals surface area contributed by atoms with E-state index in [0.717, 1.165) is 11.0 Å². The van der Waals surface area contributed by atoms with Gasteiger partial charge in [-0.1, -0.05) is 0 Å². The predicted octanol–water partition coefficient (Wildman–Crippen LogP) is 1.79. The number of fused-ring (bicyclic) bond motifs is 1. The first-order valence-corrected chi connectivity index (χ1v) is 3.89. The number of hydrogen-bond donors (Lipinski definition) is 0. The van der Waals surface area contributed by atoms with Crippen LogP contribution >= 0.6 is 15.9 Å². The van der Waals surface area contributed by atoms with Crippen molar-refractivity contribution in [3.63, 3.8) is 0 Å². The third-order valence-corrected chi connectivity index (χ3v) is 1.71. The van der Waals surface area contributed by atoms with E-state index >= 15 is 0 Å². The van der Waals surface area contributed by atoms with Gasteiger partial charge in [-0.15, -0.1) is 0 Å². The van der Waals surface area contributed by atoms with Gasteiger partial charge in [-0.3, -0.25) is 0 Å². The van der Waals surface area contributed by atoms with Crippen molar-refractivity contribution in [2.45, 2.75) is 0 Å². The molecule has 4 heteroatoms. The third kappa shape index (κ3) is 1.21. The van der Waals surface area contributed by atoms with Crippen molar-refractivity contribution < 1.29 is 0 Å². The number of rotatable bonds is 0. The molecule has 54 valence electrons. The highest BCUT2D eigenvalue weighted by molar-refractivity contribution is 9.10. The van der Waals surface area contributed by atoms with Gasteiger partial charge in [0.25, 0.3) is 0 Å². The van der Waals surface area contributed by atoms with Crippen LogP contribution in [-0.2, 0) is 0 Å². The van der Waals surface area contributed by atoms with Crippen LogP contribution in [0.15, 0.2) is 29.3 Å². The first-order chi connectivity index (χ1) is 5.36. The molecule has 0 atom stereocenters. The first-order valence-electron chi connectivity index (χ1n) is 3.09. The lowest BCUT2D eigenvalue weighted by Crippen LogP contribution is -1.85. The Kier molecular flexibility index (Phi) is 1.54. The topological polar surface area (TPSA) is 38.7 Å². The van der Waals surface area contributed by atoms with Gasteiger partial charge in [0.1, 0.15) is 0 Å². The highest BCUT2D eigenvalue weighted by atomic mass is 79.9. The zero-order valence-corrected chi connectivity index (χ0v) is 7.12. The molecule has 2 heterocycles. The zero-order chi connectivity index (χ0) is 7.68. The quantitative estimate of drug-likeness (QED) is 0.622. The van der Waals surface area contributed by atoms with Crippen molar-refractivity contribution in [1.29, 1.82) is 0 Å². The maximum absolute atomic E-state index is 4.07. The van der Waals surface area contributed by atoms with Gasteiger partial charge in [0.05, 0.1) is 0 Å². The molecular formula is C7H4BrN3. The fraction of sp³-hybridized carbons (Fsp3) is 0. The minimum Gasteiger partial charge on any atom is -0.237 e. The Morgan fingerprint density at radius 1 is 1.27 bits per heavy atom. The van der Waals surface area contributed by atoms with E-state index in [4.69, 9.17) is 0 Å². The molecule has 0 saturated heterocycles. The molecule has 0 amide bonds. The number of aromatic nitrogens is 3. The van der Waals surface area contributed by atoms with Gasteiger partial charge in [0, 0.05) is 17.8 Å². The maximum Gasteiger partial charge on any atom is 0.198 e. The van der Waals surface area contributed by atoms with Crippen molar-refractivity contribution in [3.8, 4) is 0 Å². The Hall–Kier alpha value is -1.03. The van der Waals surface area contributed by atoms with Crippen LogP contribution in [-0.4, -0.2) is 15.0 Å². The second kappa shape index (κ2) is 2.54. The summed E-state index contributed by atoms with van der Waals surface area (Å²) in [6, 6.07) is 3.79. The lowest BCUT2D eigenvalue weighted by molar-refractivity contribution is 1.13. The fourth-order valence-electron chi connectivity index (χ4n) is 0.843. The molecule has 0 spiro atoms. The lowest BCUT2D eigenvalue weighted by atomic mass is 10.3. The largest absolute Gasteiger partial charge is 0.237 e. The van der Waals surface area contributed by atoms with E-state index < -0.39 is 0 Å². The second-order valence-corrected chi connectivity index (χ2v) is 2.76. The van der Waals surface area contributed by atoms with Crippen LogP contribution in [0.5, 0.6) is 0 Å². The molecule has 0 saturated carbocycles. The van der Waals surface area contributed by atoms with Gasteiger partial charge >= 0.3 is 0 Å². The molecule has 0 bridgehead atoms. The van der Waals surface area contributed by atoms with Gasteiger partial charge < -0.3 is 0 Å². The second-order valence-electron chi connectivity index (χ2n) is 2.06. The molecule has 0 aliphatic carbocycles. The SMILES string of the molecule is Brc1ncc2cccnc2n1. The zero-order valence-electron chi connectivity index (χ0n) is 5.53. The standard InChI is InChI=1S/C7H4BrN3/c8-7-10-4-5-2-1-3-9-6(5)11-7/h1-4H. The lowest BCUT2D eigenvalue weighted by Gasteiger charge is -1.93. The molecular weight excluding hydrogens is 206 g/mol. The van der Waals surface area contributed by atoms with E-state index in [2.05, 4.69) is 30.9 Å². The van der Waals surface area contributed by atoms with E-state index in [0.29, 0.717) is 4.73 Å². The summed E-state index contributed by atoms with van der Waals surface area (Å²) in [7, 11) is 0. The van der Waals surface area contributed by atoms with Crippen LogP contribution in [0.25, 0.3) is 11.0 Å². The van der Waals surface area contributed by atoms with Crippen LogP contribution in [0.3, 0.4) is 0 Å². The van der Waals surface area contributed by atoms with Crippen molar-refractivity contribution >= 4 is 27.0 Å². The van der Waals surface area contributed by atoms with E-state index in [1.165, 1.54) is 0 Å². The average Bonchev–Trinajstić information content (AvgIpc) is 2.04. The molecule has 3 nitrogen and oxygen atoms in total. The summed E-state index contributed by atoms with van der Waals surface area (Å²) in [6.45, 7) is 0. The Balaban J connectivity index is 2.83. The van der Waals surface area contributed by atoms with Crippen molar-refractivity contribution in [2.24, 2.45) is 0 Å². The minimum atomic E-state index is 0.573. The van der Waals surface area contributed by atoms with Gasteiger partial charge in [0.2, 0.25) is 0 Å². The molecule has 0 fully saturated rings. The van der Waals surface area contributed by atoms with Crippen LogP contribution in [0.2, 0.25) is 0 Å². The third-order valence-electron chi connectivity index (χ3n) is 1.33. The Labute approximate surface area is 71.6 Å². The molecule has 0 aliphatic heterocycles. The average molecular weight is 210 g/mol. The van der Waals surface area contributed by atoms with Crippen molar-refractivity contribution in [2.75, 3.05) is 0 Å². The number of pyridine rings is 1. The summed E-state index contributed by atoms with van der Waals surface area (Å²) in [5, 5.41) is 0.954. The summed E-state index contributed by atoms with van der Waals surface area (Å²) in [4.78, 5) is 12.1. The number of nitrogens with zero attached hydrogens (tertiary/aromatic N) is 3. The van der Waals surface area contributed by atoms with Crippen molar-refractivity contribution in [1.82, 2.24) is 15.0 Å². The molecule has 0 radical (unpaired) electrons. The minimum absolute atomic E-state index is 0.573. The summed E-state index contributed by atoms with van der Waals surface area (Å²) in [5.41, 5.74) is 0.717. The van der Waals surface area contributed by atoms with Gasteiger partial charge in [-0.05, 0) is 28.1 Å². The van der Waals surface area contributed by atoms with Crippen LogP contribution < -0.4 is 0 Å². The Morgan fingerprint density at radius 2 is 2.18 bits per heavy atom. The molecule has 0 N–H and O–H groups in total. The van der Waals surface area contributed by atoms with Gasteiger partial charge in [-0.2, -0.15) is 0 Å². The smallest absolute Gasteiger partial charge is 0.198 e. The van der Waals surface area contributed by atoms with E-state index in [1.54, 1.807) is 12.4 Å². The molecule has 2 rings (SSSR count). The normalized spacial score (nSPS) is 10.3. The summed E-state index contributed by atoms with van der Waals surface area (Å²) < 4.78 is 0.573. The van der Waals surface area contributed by atoms with E-state index in [9.17, 15) is 0 Å².